The first kappa shape index (κ1) is 18.6. The smallest absolute Gasteiger partial charge is 0.262 e. The summed E-state index contributed by atoms with van der Waals surface area (Å²) in [7, 11) is 0. The Balaban J connectivity index is 1.39. The lowest BCUT2D eigenvalue weighted by Gasteiger charge is -2.29. The number of benzene rings is 1. The summed E-state index contributed by atoms with van der Waals surface area (Å²) in [5.41, 5.74) is 2.39. The summed E-state index contributed by atoms with van der Waals surface area (Å²) in [5.74, 6) is 0.512. The lowest BCUT2D eigenvalue weighted by atomic mass is 10.0. The van der Waals surface area contributed by atoms with E-state index >= 15 is 0 Å². The van der Waals surface area contributed by atoms with Gasteiger partial charge in [0.2, 0.25) is 5.91 Å². The molecule has 3 aromatic rings. The van der Waals surface area contributed by atoms with Gasteiger partial charge in [-0.25, -0.2) is 4.98 Å². The molecule has 1 fully saturated rings. The molecule has 5 rings (SSSR count). The predicted molar refractivity (Wildman–Crippen MR) is 115 cm³/mol. The molecule has 0 N–H and O–H groups in total. The lowest BCUT2D eigenvalue weighted by molar-refractivity contribution is -0.136. The van der Waals surface area contributed by atoms with E-state index in [1.807, 2.05) is 23.1 Å². The minimum atomic E-state index is 0.0546. The van der Waals surface area contributed by atoms with Gasteiger partial charge in [-0.3, -0.25) is 14.2 Å². The molecule has 0 atom stereocenters. The second-order valence-electron chi connectivity index (χ2n) is 8.15. The van der Waals surface area contributed by atoms with E-state index in [9.17, 15) is 9.59 Å². The number of hydrogen-bond acceptors (Lipinski definition) is 4. The van der Waals surface area contributed by atoms with E-state index in [1.165, 1.54) is 18.4 Å². The Bertz CT molecular complexity index is 1100. The molecular formula is C23H25N3O2S. The summed E-state index contributed by atoms with van der Waals surface area (Å²) in [6.45, 7) is 1.98. The van der Waals surface area contributed by atoms with Crippen LogP contribution in [0.4, 0.5) is 0 Å². The number of thiophene rings is 1. The molecule has 0 radical (unpaired) electrons. The van der Waals surface area contributed by atoms with Crippen LogP contribution in [0.15, 0.2) is 41.5 Å². The fourth-order valence-corrected chi connectivity index (χ4v) is 5.88. The van der Waals surface area contributed by atoms with Crippen LogP contribution in [0.5, 0.6) is 0 Å². The third kappa shape index (κ3) is 3.50. The van der Waals surface area contributed by atoms with E-state index in [1.54, 1.807) is 22.2 Å². The molecule has 29 heavy (non-hydrogen) atoms. The van der Waals surface area contributed by atoms with Gasteiger partial charge in [-0.15, -0.1) is 11.3 Å². The quantitative estimate of drug-likeness (QED) is 0.661. The number of aryl methyl sites for hydroxylation is 2. The minimum absolute atomic E-state index is 0.0546. The first-order chi connectivity index (χ1) is 14.2. The number of amides is 1. The number of fused-ring (bicyclic) bond motifs is 3. The molecule has 1 amide bonds. The van der Waals surface area contributed by atoms with Crippen LogP contribution in [-0.4, -0.2) is 26.9 Å². The van der Waals surface area contributed by atoms with Gasteiger partial charge in [0, 0.05) is 23.9 Å². The van der Waals surface area contributed by atoms with Crippen molar-refractivity contribution in [1.29, 1.82) is 0 Å². The highest BCUT2D eigenvalue weighted by Crippen LogP contribution is 2.34. The molecule has 0 spiro atoms. The van der Waals surface area contributed by atoms with Crippen LogP contribution in [-0.2, 0) is 30.7 Å². The standard InChI is InChI=1S/C23H25N3O2S/c27-22(17-8-4-5-9-17)25-13-11-18-19(14-25)29-21-20(18)23(28)26(15-24-21)12-10-16-6-2-1-3-7-16/h1-3,6-7,15,17H,4-5,8-14H2. The van der Waals surface area contributed by atoms with Crippen molar-refractivity contribution in [2.45, 2.75) is 51.6 Å². The van der Waals surface area contributed by atoms with Gasteiger partial charge in [0.15, 0.2) is 0 Å². The lowest BCUT2D eigenvalue weighted by Crippen LogP contribution is -2.38. The molecule has 0 saturated heterocycles. The normalized spacial score (nSPS) is 17.0. The maximum Gasteiger partial charge on any atom is 0.262 e. The Morgan fingerprint density at radius 3 is 2.76 bits per heavy atom. The number of rotatable bonds is 4. The predicted octanol–water partition coefficient (Wildman–Crippen LogP) is 3.78. The van der Waals surface area contributed by atoms with Gasteiger partial charge in [-0.2, -0.15) is 0 Å². The average molecular weight is 408 g/mol. The highest BCUT2D eigenvalue weighted by atomic mass is 32.1. The van der Waals surface area contributed by atoms with Crippen molar-refractivity contribution in [3.05, 3.63) is 63.0 Å². The van der Waals surface area contributed by atoms with Crippen LogP contribution in [0.2, 0.25) is 0 Å². The SMILES string of the molecule is O=C(C1CCCC1)N1CCc2c(sc3ncn(CCc4ccccc4)c(=O)c23)C1. The summed E-state index contributed by atoms with van der Waals surface area (Å²) in [6.07, 6.45) is 7.65. The van der Waals surface area contributed by atoms with Gasteiger partial charge in [0.25, 0.3) is 5.56 Å². The van der Waals surface area contributed by atoms with Crippen LogP contribution in [0, 0.1) is 5.92 Å². The summed E-state index contributed by atoms with van der Waals surface area (Å²) < 4.78 is 1.73. The Labute approximate surface area is 174 Å². The molecule has 5 nitrogen and oxygen atoms in total. The molecule has 2 aliphatic rings. The number of nitrogens with zero attached hydrogens (tertiary/aromatic N) is 3. The van der Waals surface area contributed by atoms with Crippen LogP contribution in [0.3, 0.4) is 0 Å². The number of hydrogen-bond donors (Lipinski definition) is 0. The van der Waals surface area contributed by atoms with E-state index in [0.29, 0.717) is 25.5 Å². The minimum Gasteiger partial charge on any atom is -0.337 e. The Morgan fingerprint density at radius 2 is 1.97 bits per heavy atom. The van der Waals surface area contributed by atoms with Crippen molar-refractivity contribution < 1.29 is 4.79 Å². The fourth-order valence-electron chi connectivity index (χ4n) is 4.69. The number of carbonyl (C=O) groups is 1. The monoisotopic (exact) mass is 407 g/mol. The van der Waals surface area contributed by atoms with Crippen molar-refractivity contribution in [1.82, 2.24) is 14.5 Å². The molecule has 150 valence electrons. The molecule has 0 unspecified atom stereocenters. The molecule has 1 aliphatic carbocycles. The molecular weight excluding hydrogens is 382 g/mol. The first-order valence-corrected chi connectivity index (χ1v) is 11.3. The molecule has 2 aromatic heterocycles. The molecule has 6 heteroatoms. The maximum absolute atomic E-state index is 13.2. The van der Waals surface area contributed by atoms with Crippen LogP contribution >= 0.6 is 11.3 Å². The first-order valence-electron chi connectivity index (χ1n) is 10.5. The van der Waals surface area contributed by atoms with Gasteiger partial charge >= 0.3 is 0 Å². The number of carbonyl (C=O) groups excluding carboxylic acids is 1. The molecule has 1 aliphatic heterocycles. The van der Waals surface area contributed by atoms with Crippen LogP contribution in [0.25, 0.3) is 10.2 Å². The van der Waals surface area contributed by atoms with Crippen molar-refractivity contribution in [2.75, 3.05) is 6.54 Å². The van der Waals surface area contributed by atoms with Crippen LogP contribution in [0.1, 0.15) is 41.7 Å². The zero-order valence-corrected chi connectivity index (χ0v) is 17.3. The molecule has 3 heterocycles. The van der Waals surface area contributed by atoms with E-state index in [2.05, 4.69) is 17.1 Å². The largest absolute Gasteiger partial charge is 0.337 e. The third-order valence-electron chi connectivity index (χ3n) is 6.33. The van der Waals surface area contributed by atoms with E-state index < -0.39 is 0 Å². The van der Waals surface area contributed by atoms with E-state index in [4.69, 9.17) is 0 Å². The highest BCUT2D eigenvalue weighted by molar-refractivity contribution is 7.18. The highest BCUT2D eigenvalue weighted by Gasteiger charge is 2.31. The Morgan fingerprint density at radius 1 is 1.17 bits per heavy atom. The number of aromatic nitrogens is 2. The van der Waals surface area contributed by atoms with Gasteiger partial charge in [0.1, 0.15) is 4.83 Å². The van der Waals surface area contributed by atoms with Gasteiger partial charge in [-0.1, -0.05) is 43.2 Å². The molecule has 1 saturated carbocycles. The average Bonchev–Trinajstić information content (AvgIpc) is 3.41. The summed E-state index contributed by atoms with van der Waals surface area (Å²) in [5, 5.41) is 0.772. The van der Waals surface area contributed by atoms with Crippen molar-refractivity contribution in [2.24, 2.45) is 5.92 Å². The summed E-state index contributed by atoms with van der Waals surface area (Å²) in [6, 6.07) is 10.2. The maximum atomic E-state index is 13.2. The van der Waals surface area contributed by atoms with Gasteiger partial charge < -0.3 is 4.90 Å². The molecule has 0 bridgehead atoms. The van der Waals surface area contributed by atoms with Crippen molar-refractivity contribution in [3.63, 3.8) is 0 Å². The summed E-state index contributed by atoms with van der Waals surface area (Å²) in [4.78, 5) is 34.5. The second kappa shape index (κ2) is 7.75. The van der Waals surface area contributed by atoms with Crippen molar-refractivity contribution in [3.8, 4) is 0 Å². The second-order valence-corrected chi connectivity index (χ2v) is 9.24. The van der Waals surface area contributed by atoms with E-state index in [-0.39, 0.29) is 11.5 Å². The molecule has 1 aromatic carbocycles. The Hall–Kier alpha value is -2.47. The van der Waals surface area contributed by atoms with Crippen molar-refractivity contribution >= 4 is 27.5 Å². The zero-order chi connectivity index (χ0) is 19.8. The summed E-state index contributed by atoms with van der Waals surface area (Å²) >= 11 is 1.58. The van der Waals surface area contributed by atoms with Crippen LogP contribution < -0.4 is 5.56 Å². The van der Waals surface area contributed by atoms with E-state index in [0.717, 1.165) is 46.3 Å². The Kier molecular flexibility index (Phi) is 4.96. The topological polar surface area (TPSA) is 55.2 Å². The zero-order valence-electron chi connectivity index (χ0n) is 16.5. The fraction of sp³-hybridized carbons (Fsp3) is 0.435. The van der Waals surface area contributed by atoms with Gasteiger partial charge in [0.05, 0.1) is 18.3 Å². The van der Waals surface area contributed by atoms with Gasteiger partial charge in [-0.05, 0) is 36.8 Å². The third-order valence-corrected chi connectivity index (χ3v) is 7.45.